The molecule has 0 unspecified atom stereocenters. The molecule has 4 heterocycles. The lowest BCUT2D eigenvalue weighted by molar-refractivity contribution is -0.132. The fourth-order valence-corrected chi connectivity index (χ4v) is 4.56. The molecule has 0 aliphatic carbocycles. The summed E-state index contributed by atoms with van der Waals surface area (Å²) in [7, 11) is 0. The van der Waals surface area contributed by atoms with Crippen molar-refractivity contribution in [3.05, 3.63) is 45.4 Å². The van der Waals surface area contributed by atoms with E-state index in [-0.39, 0.29) is 17.4 Å². The van der Waals surface area contributed by atoms with Crippen LogP contribution in [-0.2, 0) is 30.8 Å². The number of aryl methyl sites for hydroxylation is 1. The highest BCUT2D eigenvalue weighted by Crippen LogP contribution is 2.26. The van der Waals surface area contributed by atoms with Crippen LogP contribution in [0.3, 0.4) is 0 Å². The van der Waals surface area contributed by atoms with E-state index >= 15 is 0 Å². The maximum Gasteiger partial charge on any atom is 0.256 e. The number of hydrogen-bond donors (Lipinski definition) is 1. The molecule has 0 saturated carbocycles. The van der Waals surface area contributed by atoms with Crippen LogP contribution in [0.1, 0.15) is 68.1 Å². The van der Waals surface area contributed by atoms with E-state index in [2.05, 4.69) is 28.1 Å². The lowest BCUT2D eigenvalue weighted by Crippen LogP contribution is -2.40. The Kier molecular flexibility index (Phi) is 6.32. The van der Waals surface area contributed by atoms with Crippen molar-refractivity contribution in [3.63, 3.8) is 0 Å². The first-order chi connectivity index (χ1) is 14.6. The van der Waals surface area contributed by atoms with Gasteiger partial charge in [0.05, 0.1) is 24.0 Å². The number of nitrogens with one attached hydrogen (secondary N) is 1. The molecule has 0 aromatic carbocycles. The average Bonchev–Trinajstić information content (AvgIpc) is 3.21. The van der Waals surface area contributed by atoms with E-state index in [9.17, 15) is 9.59 Å². The SMILES string of the molecule is CCCC(=O)N1CCc2nc([C@@H]3CCCN(Cc4cnn(CC)c4)C3)[nH]c(=O)c2C1. The van der Waals surface area contributed by atoms with E-state index < -0.39 is 0 Å². The minimum Gasteiger partial charge on any atom is -0.338 e. The standard InChI is InChI=1S/C22H32N6O2/c1-3-6-20(29)27-10-8-19-18(15-27)22(30)25-21(24-19)17-7-5-9-26(14-17)12-16-11-23-28(4-2)13-16/h11,13,17H,3-10,12,14-15H2,1-2H3,(H,24,25,30)/t17-/m1/s1. The summed E-state index contributed by atoms with van der Waals surface area (Å²) in [5, 5.41) is 4.37. The molecule has 30 heavy (non-hydrogen) atoms. The Labute approximate surface area is 177 Å². The van der Waals surface area contributed by atoms with Crippen molar-refractivity contribution in [2.24, 2.45) is 0 Å². The molecular weight excluding hydrogens is 380 g/mol. The maximum atomic E-state index is 12.8. The zero-order valence-corrected chi connectivity index (χ0v) is 18.1. The number of carbonyl (C=O) groups excluding carboxylic acids is 1. The molecule has 2 aliphatic rings. The Bertz CT molecular complexity index is 949. The van der Waals surface area contributed by atoms with Crippen molar-refractivity contribution in [2.45, 2.75) is 71.5 Å². The third-order valence-electron chi connectivity index (χ3n) is 6.21. The second-order valence-electron chi connectivity index (χ2n) is 8.47. The average molecular weight is 413 g/mol. The smallest absolute Gasteiger partial charge is 0.256 e. The van der Waals surface area contributed by atoms with Crippen molar-refractivity contribution < 1.29 is 4.79 Å². The number of aromatic amines is 1. The number of hydrogen-bond acceptors (Lipinski definition) is 5. The van der Waals surface area contributed by atoms with Gasteiger partial charge < -0.3 is 9.88 Å². The van der Waals surface area contributed by atoms with Crippen LogP contribution >= 0.6 is 0 Å². The van der Waals surface area contributed by atoms with Gasteiger partial charge >= 0.3 is 0 Å². The first kappa shape index (κ1) is 20.8. The lowest BCUT2D eigenvalue weighted by atomic mass is 9.96. The van der Waals surface area contributed by atoms with Gasteiger partial charge in [-0.1, -0.05) is 6.92 Å². The Morgan fingerprint density at radius 3 is 2.93 bits per heavy atom. The van der Waals surface area contributed by atoms with Gasteiger partial charge in [0, 0.05) is 56.7 Å². The summed E-state index contributed by atoms with van der Waals surface area (Å²) in [6.07, 6.45) is 8.20. The van der Waals surface area contributed by atoms with Gasteiger partial charge in [0.25, 0.3) is 5.56 Å². The molecule has 162 valence electrons. The zero-order chi connectivity index (χ0) is 21.1. The summed E-state index contributed by atoms with van der Waals surface area (Å²) in [6, 6.07) is 0. The first-order valence-corrected chi connectivity index (χ1v) is 11.2. The third-order valence-corrected chi connectivity index (χ3v) is 6.21. The summed E-state index contributed by atoms with van der Waals surface area (Å²) < 4.78 is 1.95. The highest BCUT2D eigenvalue weighted by atomic mass is 16.2. The van der Waals surface area contributed by atoms with Crippen molar-refractivity contribution in [2.75, 3.05) is 19.6 Å². The van der Waals surface area contributed by atoms with E-state index in [0.717, 1.165) is 57.0 Å². The predicted octanol–water partition coefficient (Wildman–Crippen LogP) is 2.05. The van der Waals surface area contributed by atoms with Crippen molar-refractivity contribution in [3.8, 4) is 0 Å². The number of amides is 1. The molecule has 0 bridgehead atoms. The number of likely N-dealkylation sites (tertiary alicyclic amines) is 1. The second kappa shape index (κ2) is 9.12. The van der Waals surface area contributed by atoms with Crippen LogP contribution < -0.4 is 5.56 Å². The molecule has 2 aromatic rings. The largest absolute Gasteiger partial charge is 0.338 e. The molecule has 8 nitrogen and oxygen atoms in total. The summed E-state index contributed by atoms with van der Waals surface area (Å²) in [4.78, 5) is 37.2. The Hall–Kier alpha value is -2.48. The first-order valence-electron chi connectivity index (χ1n) is 11.2. The zero-order valence-electron chi connectivity index (χ0n) is 18.1. The summed E-state index contributed by atoms with van der Waals surface area (Å²) in [5.41, 5.74) is 2.68. The van der Waals surface area contributed by atoms with Crippen molar-refractivity contribution >= 4 is 5.91 Å². The molecule has 8 heteroatoms. The van der Waals surface area contributed by atoms with Gasteiger partial charge in [-0.05, 0) is 32.7 Å². The van der Waals surface area contributed by atoms with Gasteiger partial charge in [-0.2, -0.15) is 5.10 Å². The highest BCUT2D eigenvalue weighted by Gasteiger charge is 2.28. The van der Waals surface area contributed by atoms with Crippen LogP contribution in [0.25, 0.3) is 0 Å². The van der Waals surface area contributed by atoms with Crippen LogP contribution in [0.4, 0.5) is 0 Å². The Morgan fingerprint density at radius 1 is 1.30 bits per heavy atom. The van der Waals surface area contributed by atoms with Gasteiger partial charge in [-0.3, -0.25) is 19.2 Å². The van der Waals surface area contributed by atoms with Crippen LogP contribution in [0.5, 0.6) is 0 Å². The number of H-pyrrole nitrogens is 1. The fourth-order valence-electron chi connectivity index (χ4n) is 4.56. The molecule has 2 aliphatic heterocycles. The minimum atomic E-state index is -0.0784. The molecule has 1 saturated heterocycles. The van der Waals surface area contributed by atoms with Gasteiger partial charge in [0.2, 0.25) is 5.91 Å². The quantitative estimate of drug-likeness (QED) is 0.785. The third kappa shape index (κ3) is 4.48. The van der Waals surface area contributed by atoms with Crippen molar-refractivity contribution in [1.82, 2.24) is 29.5 Å². The van der Waals surface area contributed by atoms with Crippen LogP contribution in [-0.4, -0.2) is 55.1 Å². The number of aromatic nitrogens is 4. The van der Waals surface area contributed by atoms with Crippen LogP contribution in [0.2, 0.25) is 0 Å². The molecule has 0 radical (unpaired) electrons. The number of nitrogens with zero attached hydrogens (tertiary/aromatic N) is 5. The fraction of sp³-hybridized carbons (Fsp3) is 0.636. The maximum absolute atomic E-state index is 12.8. The molecule has 2 aromatic heterocycles. The van der Waals surface area contributed by atoms with E-state index in [1.807, 2.05) is 17.8 Å². The van der Waals surface area contributed by atoms with E-state index in [1.165, 1.54) is 5.56 Å². The monoisotopic (exact) mass is 412 g/mol. The molecule has 1 atom stereocenters. The van der Waals surface area contributed by atoms with Gasteiger partial charge in [-0.15, -0.1) is 0 Å². The topological polar surface area (TPSA) is 87.1 Å². The molecule has 4 rings (SSSR count). The van der Waals surface area contributed by atoms with Gasteiger partial charge in [0.1, 0.15) is 5.82 Å². The minimum absolute atomic E-state index is 0.0784. The number of fused-ring (bicyclic) bond motifs is 1. The molecule has 1 fully saturated rings. The highest BCUT2D eigenvalue weighted by molar-refractivity contribution is 5.76. The van der Waals surface area contributed by atoms with Crippen LogP contribution in [0, 0.1) is 0 Å². The van der Waals surface area contributed by atoms with Gasteiger partial charge in [0.15, 0.2) is 0 Å². The number of piperidine rings is 1. The predicted molar refractivity (Wildman–Crippen MR) is 114 cm³/mol. The number of carbonyl (C=O) groups is 1. The summed E-state index contributed by atoms with van der Waals surface area (Å²) >= 11 is 0. The summed E-state index contributed by atoms with van der Waals surface area (Å²) in [5.74, 6) is 1.17. The molecule has 1 N–H and O–H groups in total. The van der Waals surface area contributed by atoms with E-state index in [4.69, 9.17) is 4.98 Å². The molecular formula is C22H32N6O2. The van der Waals surface area contributed by atoms with E-state index in [0.29, 0.717) is 31.5 Å². The van der Waals surface area contributed by atoms with Gasteiger partial charge in [-0.25, -0.2) is 4.98 Å². The van der Waals surface area contributed by atoms with E-state index in [1.54, 1.807) is 4.90 Å². The Morgan fingerprint density at radius 2 is 2.17 bits per heavy atom. The molecule has 1 amide bonds. The normalized spacial score (nSPS) is 19.7. The Balaban J connectivity index is 1.46. The van der Waals surface area contributed by atoms with Crippen molar-refractivity contribution in [1.29, 1.82) is 0 Å². The lowest BCUT2D eigenvalue weighted by Gasteiger charge is -2.33. The number of rotatable bonds is 6. The second-order valence-corrected chi connectivity index (χ2v) is 8.47. The van der Waals surface area contributed by atoms with Crippen LogP contribution in [0.15, 0.2) is 17.2 Å². The summed E-state index contributed by atoms with van der Waals surface area (Å²) in [6.45, 7) is 8.82. The molecule has 0 spiro atoms.